The highest BCUT2D eigenvalue weighted by molar-refractivity contribution is 6.31. The summed E-state index contributed by atoms with van der Waals surface area (Å²) in [5.74, 6) is 0.669. The summed E-state index contributed by atoms with van der Waals surface area (Å²) in [7, 11) is 0. The number of rotatable bonds is 3. The Morgan fingerprint density at radius 2 is 1.89 bits per heavy atom. The van der Waals surface area contributed by atoms with Crippen molar-refractivity contribution in [1.29, 1.82) is 5.26 Å². The van der Waals surface area contributed by atoms with E-state index in [9.17, 15) is 0 Å². The van der Waals surface area contributed by atoms with Gasteiger partial charge in [0.05, 0.1) is 10.6 Å². The first-order chi connectivity index (χ1) is 9.10. The van der Waals surface area contributed by atoms with Crippen molar-refractivity contribution in [3.05, 3.63) is 63.7 Å². The molecule has 0 saturated carbocycles. The van der Waals surface area contributed by atoms with Crippen LogP contribution in [0.1, 0.15) is 22.3 Å². The van der Waals surface area contributed by atoms with Gasteiger partial charge in [-0.1, -0.05) is 29.8 Å². The van der Waals surface area contributed by atoms with E-state index in [1.54, 1.807) is 18.2 Å². The van der Waals surface area contributed by atoms with Crippen molar-refractivity contribution < 1.29 is 4.74 Å². The second-order valence-electron chi connectivity index (χ2n) is 4.46. The molecule has 0 saturated heterocycles. The van der Waals surface area contributed by atoms with Gasteiger partial charge in [-0.3, -0.25) is 0 Å². The Labute approximate surface area is 118 Å². The first-order valence-electron chi connectivity index (χ1n) is 5.99. The molecule has 3 heteroatoms. The van der Waals surface area contributed by atoms with Crippen LogP contribution in [0.25, 0.3) is 0 Å². The van der Waals surface area contributed by atoms with Gasteiger partial charge in [-0.25, -0.2) is 0 Å². The van der Waals surface area contributed by atoms with Crippen molar-refractivity contribution >= 4 is 11.6 Å². The second kappa shape index (κ2) is 5.77. The van der Waals surface area contributed by atoms with E-state index in [4.69, 9.17) is 21.6 Å². The lowest BCUT2D eigenvalue weighted by molar-refractivity contribution is 0.306. The van der Waals surface area contributed by atoms with E-state index >= 15 is 0 Å². The summed E-state index contributed by atoms with van der Waals surface area (Å²) in [5, 5.41) is 9.22. The van der Waals surface area contributed by atoms with Crippen LogP contribution >= 0.6 is 11.6 Å². The minimum absolute atomic E-state index is 0.417. The molecular formula is C16H14ClNO. The van der Waals surface area contributed by atoms with Gasteiger partial charge in [0.1, 0.15) is 18.4 Å². The number of aryl methyl sites for hydroxylation is 2. The number of ether oxygens (including phenoxy) is 1. The Hall–Kier alpha value is -1.98. The first-order valence-corrected chi connectivity index (χ1v) is 6.36. The molecule has 0 N–H and O–H groups in total. The summed E-state index contributed by atoms with van der Waals surface area (Å²) in [6.45, 7) is 4.65. The van der Waals surface area contributed by atoms with Crippen molar-refractivity contribution in [2.24, 2.45) is 0 Å². The fourth-order valence-electron chi connectivity index (χ4n) is 1.74. The van der Waals surface area contributed by atoms with Crippen molar-refractivity contribution in [2.45, 2.75) is 20.5 Å². The van der Waals surface area contributed by atoms with E-state index in [1.165, 1.54) is 11.1 Å². The number of hydrogen-bond acceptors (Lipinski definition) is 2. The van der Waals surface area contributed by atoms with E-state index < -0.39 is 0 Å². The molecule has 0 heterocycles. The predicted molar refractivity (Wildman–Crippen MR) is 76.4 cm³/mol. The van der Waals surface area contributed by atoms with Gasteiger partial charge in [-0.2, -0.15) is 5.26 Å². The number of hydrogen-bond donors (Lipinski definition) is 0. The standard InChI is InChI=1S/C16H14ClNO/c1-11-3-4-13(7-12(11)2)10-19-15-6-5-14(9-18)16(17)8-15/h3-8H,10H2,1-2H3. The predicted octanol–water partition coefficient (Wildman–Crippen LogP) is 4.41. The molecule has 0 aromatic heterocycles. The van der Waals surface area contributed by atoms with Gasteiger partial charge in [0, 0.05) is 6.07 Å². The molecule has 0 aliphatic rings. The lowest BCUT2D eigenvalue weighted by Gasteiger charge is -2.08. The maximum atomic E-state index is 8.80. The zero-order valence-corrected chi connectivity index (χ0v) is 11.7. The summed E-state index contributed by atoms with van der Waals surface area (Å²) in [6.07, 6.45) is 0. The molecule has 0 bridgehead atoms. The molecule has 19 heavy (non-hydrogen) atoms. The maximum absolute atomic E-state index is 8.80. The van der Waals surface area contributed by atoms with Crippen molar-refractivity contribution in [3.63, 3.8) is 0 Å². The molecule has 2 rings (SSSR count). The lowest BCUT2D eigenvalue weighted by Crippen LogP contribution is -1.96. The zero-order valence-electron chi connectivity index (χ0n) is 10.9. The molecule has 96 valence electrons. The lowest BCUT2D eigenvalue weighted by atomic mass is 10.1. The molecule has 0 fully saturated rings. The summed E-state index contributed by atoms with van der Waals surface area (Å²) < 4.78 is 5.67. The van der Waals surface area contributed by atoms with Crippen LogP contribution in [-0.4, -0.2) is 0 Å². The van der Waals surface area contributed by atoms with Gasteiger partial charge >= 0.3 is 0 Å². The second-order valence-corrected chi connectivity index (χ2v) is 4.87. The highest BCUT2D eigenvalue weighted by atomic mass is 35.5. The Morgan fingerprint density at radius 3 is 2.53 bits per heavy atom. The van der Waals surface area contributed by atoms with E-state index in [-0.39, 0.29) is 0 Å². The Kier molecular flexibility index (Phi) is 4.09. The smallest absolute Gasteiger partial charge is 0.121 e. The van der Waals surface area contributed by atoms with Crippen LogP contribution < -0.4 is 4.74 Å². The normalized spacial score (nSPS) is 10.0. The van der Waals surface area contributed by atoms with E-state index in [2.05, 4.69) is 26.0 Å². The fourth-order valence-corrected chi connectivity index (χ4v) is 1.95. The average Bonchev–Trinajstić information content (AvgIpc) is 2.40. The van der Waals surface area contributed by atoms with Crippen LogP contribution in [0.3, 0.4) is 0 Å². The maximum Gasteiger partial charge on any atom is 0.121 e. The van der Waals surface area contributed by atoms with Gasteiger partial charge in [0.2, 0.25) is 0 Å². The minimum Gasteiger partial charge on any atom is -0.489 e. The van der Waals surface area contributed by atoms with E-state index in [1.807, 2.05) is 12.1 Å². The van der Waals surface area contributed by atoms with Crippen molar-refractivity contribution in [1.82, 2.24) is 0 Å². The molecular weight excluding hydrogens is 258 g/mol. The fraction of sp³-hybridized carbons (Fsp3) is 0.188. The average molecular weight is 272 g/mol. The van der Waals surface area contributed by atoms with E-state index in [0.717, 1.165) is 5.56 Å². The molecule has 2 nitrogen and oxygen atoms in total. The first kappa shape index (κ1) is 13.5. The van der Waals surface area contributed by atoms with Crippen LogP contribution in [0.5, 0.6) is 5.75 Å². The molecule has 0 aliphatic carbocycles. The molecule has 2 aromatic rings. The van der Waals surface area contributed by atoms with Gasteiger partial charge in [-0.15, -0.1) is 0 Å². The summed E-state index contributed by atoms with van der Waals surface area (Å²) in [5.41, 5.74) is 4.09. The number of halogens is 1. The van der Waals surface area contributed by atoms with E-state index in [0.29, 0.717) is 22.9 Å². The molecule has 2 aromatic carbocycles. The van der Waals surface area contributed by atoms with Crippen LogP contribution in [-0.2, 0) is 6.61 Å². The molecule has 0 amide bonds. The third-order valence-electron chi connectivity index (χ3n) is 3.04. The molecule has 0 aliphatic heterocycles. The number of nitriles is 1. The van der Waals surface area contributed by atoms with Gasteiger partial charge in [-0.05, 0) is 42.7 Å². The third-order valence-corrected chi connectivity index (χ3v) is 3.35. The topological polar surface area (TPSA) is 33.0 Å². The van der Waals surface area contributed by atoms with Crippen LogP contribution in [0.4, 0.5) is 0 Å². The zero-order chi connectivity index (χ0) is 13.8. The summed E-state index contributed by atoms with van der Waals surface area (Å²) in [6, 6.07) is 13.4. The number of benzene rings is 2. The molecule has 0 atom stereocenters. The van der Waals surface area contributed by atoms with Crippen molar-refractivity contribution in [3.8, 4) is 11.8 Å². The third kappa shape index (κ3) is 3.27. The van der Waals surface area contributed by atoms with Crippen LogP contribution in [0.15, 0.2) is 36.4 Å². The summed E-state index contributed by atoms with van der Waals surface area (Å²) in [4.78, 5) is 0. The Bertz CT molecular complexity index is 644. The van der Waals surface area contributed by atoms with Crippen LogP contribution in [0.2, 0.25) is 5.02 Å². The van der Waals surface area contributed by atoms with Crippen molar-refractivity contribution in [2.75, 3.05) is 0 Å². The molecule has 0 unspecified atom stereocenters. The van der Waals surface area contributed by atoms with Crippen LogP contribution in [0, 0.1) is 25.2 Å². The highest BCUT2D eigenvalue weighted by Gasteiger charge is 2.03. The highest BCUT2D eigenvalue weighted by Crippen LogP contribution is 2.22. The Morgan fingerprint density at radius 1 is 1.11 bits per heavy atom. The quantitative estimate of drug-likeness (QED) is 0.828. The van der Waals surface area contributed by atoms with Gasteiger partial charge in [0.15, 0.2) is 0 Å². The SMILES string of the molecule is Cc1ccc(COc2ccc(C#N)c(Cl)c2)cc1C. The number of nitrogens with zero attached hydrogens (tertiary/aromatic N) is 1. The molecule has 0 spiro atoms. The monoisotopic (exact) mass is 271 g/mol. The Balaban J connectivity index is 2.08. The van der Waals surface area contributed by atoms with Gasteiger partial charge < -0.3 is 4.74 Å². The van der Waals surface area contributed by atoms with Gasteiger partial charge in [0.25, 0.3) is 0 Å². The minimum atomic E-state index is 0.417. The summed E-state index contributed by atoms with van der Waals surface area (Å²) >= 11 is 5.95. The largest absolute Gasteiger partial charge is 0.489 e. The molecule has 0 radical (unpaired) electrons.